The van der Waals surface area contributed by atoms with Gasteiger partial charge in [-0.25, -0.2) is 8.42 Å². The van der Waals surface area contributed by atoms with E-state index < -0.39 is 14.9 Å². The number of amides is 1. The van der Waals surface area contributed by atoms with Crippen molar-refractivity contribution in [3.63, 3.8) is 0 Å². The van der Waals surface area contributed by atoms with Crippen molar-refractivity contribution >= 4 is 27.3 Å². The Morgan fingerprint density at radius 1 is 1.24 bits per heavy atom. The molecule has 0 spiro atoms. The summed E-state index contributed by atoms with van der Waals surface area (Å²) >= 11 is 0. The summed E-state index contributed by atoms with van der Waals surface area (Å²) < 4.78 is 32.8. The zero-order valence-electron chi connectivity index (χ0n) is 16.0. The van der Waals surface area contributed by atoms with E-state index in [-0.39, 0.29) is 55.4 Å². The molecule has 1 aromatic carbocycles. The molecule has 12 heteroatoms. The lowest BCUT2D eigenvalue weighted by Gasteiger charge is -2.33. The van der Waals surface area contributed by atoms with Gasteiger partial charge in [0, 0.05) is 44.4 Å². The van der Waals surface area contributed by atoms with Crippen LogP contribution < -0.4 is 11.1 Å². The third kappa shape index (κ3) is 5.21. The summed E-state index contributed by atoms with van der Waals surface area (Å²) in [4.78, 5) is 23.5. The maximum Gasteiger partial charge on any atom is 0.270 e. The van der Waals surface area contributed by atoms with Gasteiger partial charge in [0.1, 0.15) is 4.90 Å². The number of primary amides is 1. The van der Waals surface area contributed by atoms with Crippen molar-refractivity contribution in [2.75, 3.05) is 51.3 Å². The molecule has 2 fully saturated rings. The van der Waals surface area contributed by atoms with Gasteiger partial charge in [0.2, 0.25) is 15.9 Å². The van der Waals surface area contributed by atoms with Gasteiger partial charge in [0.15, 0.2) is 0 Å². The van der Waals surface area contributed by atoms with Crippen molar-refractivity contribution in [3.05, 3.63) is 28.3 Å². The van der Waals surface area contributed by atoms with Crippen LogP contribution in [0, 0.1) is 10.1 Å². The molecule has 2 aliphatic rings. The Labute approximate surface area is 169 Å². The Morgan fingerprint density at radius 2 is 1.90 bits per heavy atom. The van der Waals surface area contributed by atoms with E-state index in [9.17, 15) is 23.3 Å². The highest BCUT2D eigenvalue weighted by Crippen LogP contribution is 2.31. The molecule has 0 unspecified atom stereocenters. The molecular formula is C17H25N5O6S. The third-order valence-corrected chi connectivity index (χ3v) is 7.03. The van der Waals surface area contributed by atoms with Crippen LogP contribution in [0.5, 0.6) is 0 Å². The lowest BCUT2D eigenvalue weighted by molar-refractivity contribution is -0.385. The number of nitro benzene ring substituents is 1. The molecule has 3 N–H and O–H groups in total. The number of ether oxygens (including phenoxy) is 1. The average Bonchev–Trinajstić information content (AvgIpc) is 2.70. The largest absolute Gasteiger partial charge is 0.381 e. The topological polar surface area (TPSA) is 148 Å². The first kappa shape index (κ1) is 21.4. The number of nitro groups is 1. The van der Waals surface area contributed by atoms with E-state index in [1.807, 2.05) is 4.90 Å². The summed E-state index contributed by atoms with van der Waals surface area (Å²) in [7, 11) is -3.91. The van der Waals surface area contributed by atoms with Crippen molar-refractivity contribution in [2.45, 2.75) is 23.8 Å². The van der Waals surface area contributed by atoms with Gasteiger partial charge in [0.25, 0.3) is 5.69 Å². The van der Waals surface area contributed by atoms with Crippen molar-refractivity contribution in [1.82, 2.24) is 9.21 Å². The van der Waals surface area contributed by atoms with Crippen LogP contribution in [0.3, 0.4) is 0 Å². The monoisotopic (exact) mass is 427 g/mol. The van der Waals surface area contributed by atoms with Crippen LogP contribution in [0.25, 0.3) is 0 Å². The second-order valence-electron chi connectivity index (χ2n) is 7.12. The molecule has 160 valence electrons. The normalized spacial score (nSPS) is 19.7. The number of hydrogen-bond donors (Lipinski definition) is 2. The second-order valence-corrected chi connectivity index (χ2v) is 9.02. The van der Waals surface area contributed by atoms with Crippen LogP contribution in [0.4, 0.5) is 11.4 Å². The van der Waals surface area contributed by atoms with Crippen molar-refractivity contribution in [3.8, 4) is 0 Å². The number of carbonyl (C=O) groups excluding carboxylic acids is 1. The molecule has 2 saturated heterocycles. The molecule has 0 radical (unpaired) electrons. The number of nitrogens with two attached hydrogens (primary N) is 1. The van der Waals surface area contributed by atoms with E-state index in [4.69, 9.17) is 10.5 Å². The summed E-state index contributed by atoms with van der Waals surface area (Å²) in [5.41, 5.74) is 5.29. The van der Waals surface area contributed by atoms with Crippen LogP contribution in [0.1, 0.15) is 12.8 Å². The molecule has 1 amide bonds. The standard InChI is InChI=1S/C17H25N5O6S/c18-17(23)12-20-5-3-13(4-6-20)19-15-2-1-14(22(24)25)11-16(15)29(26,27)21-7-9-28-10-8-21/h1-2,11,13,19H,3-10,12H2,(H2,18,23). The number of hydrogen-bond acceptors (Lipinski definition) is 8. The summed E-state index contributed by atoms with van der Waals surface area (Å²) in [5, 5.41) is 14.4. The first-order valence-corrected chi connectivity index (χ1v) is 10.8. The quantitative estimate of drug-likeness (QED) is 0.455. The van der Waals surface area contributed by atoms with Crippen LogP contribution >= 0.6 is 0 Å². The Hall–Kier alpha value is -2.28. The van der Waals surface area contributed by atoms with E-state index in [1.54, 1.807) is 0 Å². The van der Waals surface area contributed by atoms with Gasteiger partial charge in [-0.15, -0.1) is 0 Å². The summed E-state index contributed by atoms with van der Waals surface area (Å²) in [6.45, 7) is 2.48. The number of anilines is 1. The smallest absolute Gasteiger partial charge is 0.270 e. The Kier molecular flexibility index (Phi) is 6.67. The molecule has 2 aliphatic heterocycles. The molecule has 0 saturated carbocycles. The molecule has 1 aromatic rings. The van der Waals surface area contributed by atoms with Crippen LogP contribution in [0.15, 0.2) is 23.1 Å². The Balaban J connectivity index is 1.81. The van der Waals surface area contributed by atoms with E-state index in [0.717, 1.165) is 6.07 Å². The van der Waals surface area contributed by atoms with Gasteiger partial charge in [-0.3, -0.25) is 19.8 Å². The number of benzene rings is 1. The summed E-state index contributed by atoms with van der Waals surface area (Å²) in [5.74, 6) is -0.384. The minimum absolute atomic E-state index is 0.0146. The molecule has 0 aliphatic carbocycles. The van der Waals surface area contributed by atoms with Gasteiger partial charge in [-0.2, -0.15) is 4.31 Å². The number of non-ortho nitro benzene ring substituents is 1. The Bertz CT molecular complexity index is 863. The first-order chi connectivity index (χ1) is 13.8. The van der Waals surface area contributed by atoms with Gasteiger partial charge < -0.3 is 15.8 Å². The van der Waals surface area contributed by atoms with Crippen molar-refractivity contribution < 1.29 is 22.9 Å². The van der Waals surface area contributed by atoms with Crippen LogP contribution in [-0.2, 0) is 19.6 Å². The second kappa shape index (κ2) is 9.03. The van der Waals surface area contributed by atoms with E-state index in [2.05, 4.69) is 5.32 Å². The van der Waals surface area contributed by atoms with Gasteiger partial charge in [0.05, 0.1) is 30.4 Å². The number of nitrogens with zero attached hydrogens (tertiary/aromatic N) is 3. The maximum absolute atomic E-state index is 13.1. The molecular weight excluding hydrogens is 402 g/mol. The maximum atomic E-state index is 13.1. The summed E-state index contributed by atoms with van der Waals surface area (Å²) in [6.07, 6.45) is 1.39. The lowest BCUT2D eigenvalue weighted by atomic mass is 10.0. The zero-order chi connectivity index (χ0) is 21.0. The highest BCUT2D eigenvalue weighted by Gasteiger charge is 2.31. The fourth-order valence-electron chi connectivity index (χ4n) is 3.56. The number of carbonyl (C=O) groups is 1. The third-order valence-electron chi connectivity index (χ3n) is 5.09. The molecule has 2 heterocycles. The number of likely N-dealkylation sites (tertiary alicyclic amines) is 1. The number of morpholine rings is 1. The zero-order valence-corrected chi connectivity index (χ0v) is 16.8. The predicted molar refractivity (Wildman–Crippen MR) is 105 cm³/mol. The van der Waals surface area contributed by atoms with E-state index in [1.165, 1.54) is 16.4 Å². The van der Waals surface area contributed by atoms with Gasteiger partial charge in [-0.05, 0) is 18.9 Å². The van der Waals surface area contributed by atoms with Gasteiger partial charge >= 0.3 is 0 Å². The minimum atomic E-state index is -3.91. The fraction of sp³-hybridized carbons (Fsp3) is 0.588. The Morgan fingerprint density at radius 3 is 2.48 bits per heavy atom. The molecule has 11 nitrogen and oxygen atoms in total. The molecule has 0 aromatic heterocycles. The number of rotatable bonds is 7. The highest BCUT2D eigenvalue weighted by atomic mass is 32.2. The van der Waals surface area contributed by atoms with E-state index in [0.29, 0.717) is 31.6 Å². The number of sulfonamides is 1. The predicted octanol–water partition coefficient (Wildman–Crippen LogP) is -0.0227. The number of piperidine rings is 1. The highest BCUT2D eigenvalue weighted by molar-refractivity contribution is 7.89. The van der Waals surface area contributed by atoms with Gasteiger partial charge in [-0.1, -0.05) is 0 Å². The first-order valence-electron chi connectivity index (χ1n) is 9.41. The lowest BCUT2D eigenvalue weighted by Crippen LogP contribution is -2.43. The molecule has 0 bridgehead atoms. The molecule has 0 atom stereocenters. The molecule has 29 heavy (non-hydrogen) atoms. The van der Waals surface area contributed by atoms with E-state index >= 15 is 0 Å². The molecule has 3 rings (SSSR count). The average molecular weight is 427 g/mol. The van der Waals surface area contributed by atoms with Crippen LogP contribution in [0.2, 0.25) is 0 Å². The minimum Gasteiger partial charge on any atom is -0.381 e. The van der Waals surface area contributed by atoms with Crippen LogP contribution in [-0.4, -0.2) is 80.4 Å². The van der Waals surface area contributed by atoms with Crippen molar-refractivity contribution in [1.29, 1.82) is 0 Å². The SMILES string of the molecule is NC(=O)CN1CCC(Nc2ccc([N+](=O)[O-])cc2S(=O)(=O)N2CCOCC2)CC1. The fourth-order valence-corrected chi connectivity index (χ4v) is 5.14. The van der Waals surface area contributed by atoms with Crippen molar-refractivity contribution in [2.24, 2.45) is 5.73 Å². The number of nitrogens with one attached hydrogen (secondary N) is 1. The summed E-state index contributed by atoms with van der Waals surface area (Å²) in [6, 6.07) is 3.83.